The molecule has 2 heterocycles. The lowest BCUT2D eigenvalue weighted by atomic mass is 10.0. The lowest BCUT2D eigenvalue weighted by Crippen LogP contribution is -1.94. The van der Waals surface area contributed by atoms with Gasteiger partial charge in [0.25, 0.3) is 0 Å². The van der Waals surface area contributed by atoms with Gasteiger partial charge in [0.05, 0.1) is 0 Å². The van der Waals surface area contributed by atoms with Crippen molar-refractivity contribution in [1.82, 2.24) is 14.1 Å². The molecule has 0 fully saturated rings. The predicted molar refractivity (Wildman–Crippen MR) is 79.5 cm³/mol. The molecule has 20 heavy (non-hydrogen) atoms. The number of phenolic OH excluding ortho intramolecular Hbond substituents is 1. The van der Waals surface area contributed by atoms with Crippen LogP contribution in [0.15, 0.2) is 24.3 Å². The summed E-state index contributed by atoms with van der Waals surface area (Å²) in [6.07, 6.45) is 0. The Morgan fingerprint density at radius 2 is 1.55 bits per heavy atom. The van der Waals surface area contributed by atoms with E-state index >= 15 is 0 Å². The monoisotopic (exact) mass is 267 g/mol. The van der Waals surface area contributed by atoms with Gasteiger partial charge in [-0.15, -0.1) is 14.1 Å². The molecular weight excluding hydrogens is 250 g/mol. The highest BCUT2D eigenvalue weighted by atomic mass is 16.3. The van der Waals surface area contributed by atoms with Gasteiger partial charge in [0.1, 0.15) is 22.5 Å². The largest absolute Gasteiger partial charge is 0.505 e. The molecule has 2 aromatic carbocycles. The average Bonchev–Trinajstić information content (AvgIpc) is 3.07. The highest BCUT2D eigenvalue weighted by Gasteiger charge is 2.26. The molecule has 0 radical (unpaired) electrons. The van der Waals surface area contributed by atoms with Crippen LogP contribution < -0.4 is 0 Å². The van der Waals surface area contributed by atoms with Gasteiger partial charge in [0, 0.05) is 0 Å². The summed E-state index contributed by atoms with van der Waals surface area (Å²) in [5.74, 6) is 0.366. The number of benzene rings is 2. The van der Waals surface area contributed by atoms with Gasteiger partial charge in [-0.25, -0.2) is 0 Å². The van der Waals surface area contributed by atoms with Crippen LogP contribution in [0, 0.1) is 27.7 Å². The molecular formula is C16H17N3O. The Balaban J connectivity index is 1.99. The normalized spacial score (nSPS) is 12.2. The van der Waals surface area contributed by atoms with Gasteiger partial charge in [-0.1, -0.05) is 6.07 Å². The minimum absolute atomic E-state index is 0.366. The molecule has 4 nitrogen and oxygen atoms in total. The van der Waals surface area contributed by atoms with Crippen LogP contribution in [0.3, 0.4) is 0 Å². The van der Waals surface area contributed by atoms with Crippen molar-refractivity contribution in [3.63, 3.8) is 0 Å². The number of fused-ring (bicyclic) bond motifs is 4. The molecule has 0 aliphatic rings. The topological polar surface area (TPSA) is 34.0 Å². The van der Waals surface area contributed by atoms with Gasteiger partial charge < -0.3 is 5.11 Å². The third-order valence-electron chi connectivity index (χ3n) is 4.39. The molecule has 0 unspecified atom stereocenters. The smallest absolute Gasteiger partial charge is 0.146 e. The number of nitrogens with zero attached hydrogens (tertiary/aromatic N) is 3. The van der Waals surface area contributed by atoms with E-state index < -0.39 is 0 Å². The molecule has 0 spiro atoms. The first kappa shape index (κ1) is 11.5. The molecule has 102 valence electrons. The standard InChI is InChI=1S/C16H17N3O/c1-9-5-6-13-14(7-9)18-17(13)19(18)15-8-10(2)11(3)12(4)16(15)20/h5-8,20H,1-4H3. The van der Waals surface area contributed by atoms with Gasteiger partial charge >= 0.3 is 0 Å². The molecule has 4 heteroatoms. The number of rotatable bonds is 1. The summed E-state index contributed by atoms with van der Waals surface area (Å²) in [6.45, 7) is 8.19. The Kier molecular flexibility index (Phi) is 1.94. The van der Waals surface area contributed by atoms with Crippen LogP contribution in [-0.2, 0) is 0 Å². The van der Waals surface area contributed by atoms with E-state index in [4.69, 9.17) is 0 Å². The molecule has 2 aromatic heterocycles. The zero-order valence-electron chi connectivity index (χ0n) is 12.1. The van der Waals surface area contributed by atoms with Gasteiger partial charge in [0.15, 0.2) is 0 Å². The fourth-order valence-electron chi connectivity index (χ4n) is 2.86. The van der Waals surface area contributed by atoms with Crippen LogP contribution in [0.4, 0.5) is 0 Å². The lowest BCUT2D eigenvalue weighted by molar-refractivity contribution is 0.467. The van der Waals surface area contributed by atoms with Crippen LogP contribution in [0.2, 0.25) is 0 Å². The number of phenols is 1. The van der Waals surface area contributed by atoms with Gasteiger partial charge in [-0.05, 0) is 68.1 Å². The summed E-state index contributed by atoms with van der Waals surface area (Å²) in [5, 5.41) is 10.4. The fourth-order valence-corrected chi connectivity index (χ4v) is 2.86. The zero-order valence-corrected chi connectivity index (χ0v) is 12.1. The van der Waals surface area contributed by atoms with Crippen LogP contribution in [-0.4, -0.2) is 19.2 Å². The maximum atomic E-state index is 10.4. The first-order chi connectivity index (χ1) is 9.50. The molecule has 0 atom stereocenters. The van der Waals surface area contributed by atoms with E-state index in [1.54, 1.807) is 0 Å². The zero-order chi connectivity index (χ0) is 14.2. The second kappa shape index (κ2) is 3.39. The first-order valence-corrected chi connectivity index (χ1v) is 6.81. The second-order valence-electron chi connectivity index (χ2n) is 5.67. The minimum atomic E-state index is 0.366. The Labute approximate surface area is 116 Å². The molecule has 4 aromatic rings. The van der Waals surface area contributed by atoms with E-state index in [9.17, 15) is 5.11 Å². The minimum Gasteiger partial charge on any atom is -0.505 e. The van der Waals surface area contributed by atoms with Crippen molar-refractivity contribution in [3.05, 3.63) is 46.5 Å². The third-order valence-corrected chi connectivity index (χ3v) is 4.39. The van der Waals surface area contributed by atoms with Crippen molar-refractivity contribution in [3.8, 4) is 11.4 Å². The van der Waals surface area contributed by atoms with Gasteiger partial charge in [-0.3, -0.25) is 0 Å². The Morgan fingerprint density at radius 3 is 2.30 bits per heavy atom. The van der Waals surface area contributed by atoms with E-state index in [2.05, 4.69) is 41.3 Å². The van der Waals surface area contributed by atoms with E-state index in [1.165, 1.54) is 22.2 Å². The highest BCUT2D eigenvalue weighted by molar-refractivity contribution is 5.80. The van der Waals surface area contributed by atoms with Crippen LogP contribution >= 0.6 is 0 Å². The highest BCUT2D eigenvalue weighted by Crippen LogP contribution is 2.35. The number of hydrogen-bond donors (Lipinski definition) is 1. The quantitative estimate of drug-likeness (QED) is 0.564. The SMILES string of the molecule is Cc1ccc2c(c1)n1n(-c3cc(C)c(C)c(C)c3O)n21. The summed E-state index contributed by atoms with van der Waals surface area (Å²) in [4.78, 5) is 2.01. The van der Waals surface area contributed by atoms with Gasteiger partial charge in [0.2, 0.25) is 0 Å². The van der Waals surface area contributed by atoms with E-state index in [-0.39, 0.29) is 0 Å². The number of aromatic nitrogens is 3. The van der Waals surface area contributed by atoms with Crippen molar-refractivity contribution in [2.45, 2.75) is 27.7 Å². The van der Waals surface area contributed by atoms with Crippen LogP contribution in [0.5, 0.6) is 5.75 Å². The molecule has 0 saturated heterocycles. The molecule has 0 aliphatic heterocycles. The van der Waals surface area contributed by atoms with Crippen molar-refractivity contribution in [2.24, 2.45) is 0 Å². The lowest BCUT2D eigenvalue weighted by Gasteiger charge is -2.09. The first-order valence-electron chi connectivity index (χ1n) is 6.81. The van der Waals surface area contributed by atoms with Crippen LogP contribution in [0.1, 0.15) is 22.3 Å². The van der Waals surface area contributed by atoms with Crippen molar-refractivity contribution < 1.29 is 5.11 Å². The Hall–Kier alpha value is -2.36. The van der Waals surface area contributed by atoms with Crippen molar-refractivity contribution >= 4 is 11.0 Å². The number of aryl methyl sites for hydroxylation is 2. The second-order valence-corrected chi connectivity index (χ2v) is 5.67. The molecule has 0 saturated carbocycles. The fraction of sp³-hybridized carbons (Fsp3) is 0.250. The third kappa shape index (κ3) is 1.21. The number of aromatic hydroxyl groups is 1. The molecule has 0 bridgehead atoms. The maximum Gasteiger partial charge on any atom is 0.146 e. The Morgan fingerprint density at radius 1 is 0.850 bits per heavy atom. The molecule has 4 rings (SSSR count). The van der Waals surface area contributed by atoms with E-state index in [1.807, 2.05) is 24.7 Å². The van der Waals surface area contributed by atoms with E-state index in [0.717, 1.165) is 16.8 Å². The number of hydrogen-bond acceptors (Lipinski definition) is 1. The van der Waals surface area contributed by atoms with Crippen LogP contribution in [0.25, 0.3) is 16.7 Å². The van der Waals surface area contributed by atoms with Crippen molar-refractivity contribution in [2.75, 3.05) is 0 Å². The summed E-state index contributed by atoms with van der Waals surface area (Å²) in [7, 11) is 0. The maximum absolute atomic E-state index is 10.4. The summed E-state index contributed by atoms with van der Waals surface area (Å²) < 4.78 is 4.14. The Bertz CT molecular complexity index is 952. The average molecular weight is 267 g/mol. The van der Waals surface area contributed by atoms with E-state index in [0.29, 0.717) is 5.75 Å². The predicted octanol–water partition coefficient (Wildman–Crippen LogP) is 3.36. The molecule has 0 amide bonds. The molecule has 0 aliphatic carbocycles. The summed E-state index contributed by atoms with van der Waals surface area (Å²) in [5.41, 5.74) is 7.78. The summed E-state index contributed by atoms with van der Waals surface area (Å²) in [6, 6.07) is 8.43. The van der Waals surface area contributed by atoms with Crippen molar-refractivity contribution in [1.29, 1.82) is 0 Å². The van der Waals surface area contributed by atoms with Gasteiger partial charge in [-0.2, -0.15) is 0 Å². The summed E-state index contributed by atoms with van der Waals surface area (Å²) >= 11 is 0. The molecule has 1 N–H and O–H groups in total.